The summed E-state index contributed by atoms with van der Waals surface area (Å²) in [7, 11) is 1.63. The molecule has 2 fully saturated rings. The maximum atomic E-state index is 13.5. The second-order valence-corrected chi connectivity index (χ2v) is 9.21. The van der Waals surface area contributed by atoms with Gasteiger partial charge in [-0.2, -0.15) is 4.98 Å². The highest BCUT2D eigenvalue weighted by molar-refractivity contribution is 6.30. The van der Waals surface area contributed by atoms with E-state index in [4.69, 9.17) is 21.1 Å². The highest BCUT2D eigenvalue weighted by Crippen LogP contribution is 2.40. The molecule has 2 aliphatic rings. The van der Waals surface area contributed by atoms with E-state index in [0.29, 0.717) is 42.7 Å². The molecule has 5 rings (SSSR count). The fraction of sp³-hybridized carbons (Fsp3) is 0.478. The molecule has 0 amide bonds. The third-order valence-electron chi connectivity index (χ3n) is 6.49. The molecular weight excluding hydrogens is 461 g/mol. The van der Waals surface area contributed by atoms with Crippen LogP contribution in [0.3, 0.4) is 0 Å². The first kappa shape index (κ1) is 22.8. The van der Waals surface area contributed by atoms with Crippen molar-refractivity contribution in [3.8, 4) is 11.8 Å². The standard InChI is InChI=1S/C23H27ClFN7O2/c1-14-9-20(27-13-26-14)31-11-15-3-4-16(12-31)21(15)28-22-29-23(32(30-22)7-8-33-2)34-17-5-6-19(25)18(24)10-17/h5-6,9-10,13,15-16,21H,3-4,7-8,11-12H2,1-2H3,(H,28,30)/t15-,16-/m0/s1. The number of nitrogens with one attached hydrogen (secondary N) is 1. The number of anilines is 2. The topological polar surface area (TPSA) is 90.2 Å². The highest BCUT2D eigenvalue weighted by Gasteiger charge is 2.43. The number of methoxy groups -OCH3 is 1. The van der Waals surface area contributed by atoms with Gasteiger partial charge in [-0.25, -0.2) is 19.0 Å². The lowest BCUT2D eigenvalue weighted by Gasteiger charge is -2.38. The minimum Gasteiger partial charge on any atom is -0.424 e. The van der Waals surface area contributed by atoms with E-state index in [2.05, 4.69) is 30.3 Å². The lowest BCUT2D eigenvalue weighted by atomic mass is 9.92. The summed E-state index contributed by atoms with van der Waals surface area (Å²) in [6, 6.07) is 6.79. The second kappa shape index (κ2) is 9.71. The van der Waals surface area contributed by atoms with E-state index in [0.717, 1.165) is 37.4 Å². The molecule has 2 bridgehead atoms. The molecule has 34 heavy (non-hydrogen) atoms. The van der Waals surface area contributed by atoms with Gasteiger partial charge in [0.1, 0.15) is 23.7 Å². The maximum Gasteiger partial charge on any atom is 0.322 e. The molecule has 1 saturated heterocycles. The molecule has 0 spiro atoms. The van der Waals surface area contributed by atoms with Gasteiger partial charge in [-0.1, -0.05) is 11.6 Å². The Bertz CT molecular complexity index is 1150. The second-order valence-electron chi connectivity index (χ2n) is 8.80. The van der Waals surface area contributed by atoms with Crippen molar-refractivity contribution in [1.82, 2.24) is 24.7 Å². The number of halogens is 2. The van der Waals surface area contributed by atoms with Crippen molar-refractivity contribution < 1.29 is 13.9 Å². The van der Waals surface area contributed by atoms with Gasteiger partial charge in [0.2, 0.25) is 5.95 Å². The van der Waals surface area contributed by atoms with Gasteiger partial charge in [-0.05, 0) is 43.7 Å². The average Bonchev–Trinajstić information content (AvgIpc) is 3.29. The first-order valence-electron chi connectivity index (χ1n) is 11.4. The Kier molecular flexibility index (Phi) is 6.51. The van der Waals surface area contributed by atoms with Crippen LogP contribution in [-0.4, -0.2) is 57.6 Å². The van der Waals surface area contributed by atoms with Crippen LogP contribution in [0.15, 0.2) is 30.6 Å². The minimum atomic E-state index is -0.504. The molecule has 1 saturated carbocycles. The number of rotatable bonds is 8. The number of ether oxygens (including phenoxy) is 2. The summed E-state index contributed by atoms with van der Waals surface area (Å²) in [5.41, 5.74) is 0.971. The lowest BCUT2D eigenvalue weighted by molar-refractivity contribution is 0.179. The average molecular weight is 488 g/mol. The van der Waals surface area contributed by atoms with Crippen molar-refractivity contribution in [2.75, 3.05) is 37.0 Å². The molecule has 2 atom stereocenters. The largest absolute Gasteiger partial charge is 0.424 e. The molecule has 1 aliphatic heterocycles. The van der Waals surface area contributed by atoms with Crippen LogP contribution in [0.25, 0.3) is 0 Å². The number of hydrogen-bond donors (Lipinski definition) is 1. The number of hydrogen-bond acceptors (Lipinski definition) is 8. The van der Waals surface area contributed by atoms with Crippen LogP contribution in [0.1, 0.15) is 18.5 Å². The van der Waals surface area contributed by atoms with Crippen molar-refractivity contribution in [3.05, 3.63) is 47.1 Å². The summed E-state index contributed by atoms with van der Waals surface area (Å²) < 4.78 is 26.3. The van der Waals surface area contributed by atoms with Gasteiger partial charge in [0, 0.05) is 44.1 Å². The molecule has 0 unspecified atom stereocenters. The fourth-order valence-electron chi connectivity index (χ4n) is 4.84. The number of piperidine rings is 1. The van der Waals surface area contributed by atoms with Crippen LogP contribution in [0, 0.1) is 24.6 Å². The van der Waals surface area contributed by atoms with Crippen LogP contribution >= 0.6 is 11.6 Å². The summed E-state index contributed by atoms with van der Waals surface area (Å²) in [5, 5.41) is 8.16. The predicted molar refractivity (Wildman–Crippen MR) is 126 cm³/mol. The Morgan fingerprint density at radius 1 is 1.18 bits per heavy atom. The molecule has 1 N–H and O–H groups in total. The smallest absolute Gasteiger partial charge is 0.322 e. The lowest BCUT2D eigenvalue weighted by Crippen LogP contribution is -2.48. The minimum absolute atomic E-state index is 0.0129. The summed E-state index contributed by atoms with van der Waals surface area (Å²) in [5.74, 6) is 2.29. The summed E-state index contributed by atoms with van der Waals surface area (Å²) in [6.45, 7) is 4.75. The Labute approximate surface area is 202 Å². The normalized spacial score (nSPS) is 21.6. The molecule has 3 heterocycles. The number of aromatic nitrogens is 5. The fourth-order valence-corrected chi connectivity index (χ4v) is 5.01. The van der Waals surface area contributed by atoms with Crippen molar-refractivity contribution in [2.45, 2.75) is 32.4 Å². The van der Waals surface area contributed by atoms with Gasteiger partial charge < -0.3 is 19.7 Å². The van der Waals surface area contributed by atoms with E-state index >= 15 is 0 Å². The monoisotopic (exact) mass is 487 g/mol. The summed E-state index contributed by atoms with van der Waals surface area (Å²) in [4.78, 5) is 15.6. The van der Waals surface area contributed by atoms with Crippen molar-refractivity contribution in [1.29, 1.82) is 0 Å². The summed E-state index contributed by atoms with van der Waals surface area (Å²) in [6.07, 6.45) is 3.92. The SMILES string of the molecule is COCCn1nc(NC2[C@H]3CC[C@H]2CN(c2cc(C)ncn2)C3)nc1Oc1ccc(F)c(Cl)c1. The van der Waals surface area contributed by atoms with E-state index in [-0.39, 0.29) is 11.1 Å². The van der Waals surface area contributed by atoms with Crippen LogP contribution < -0.4 is 15.0 Å². The van der Waals surface area contributed by atoms with Crippen LogP contribution in [-0.2, 0) is 11.3 Å². The molecule has 2 aromatic heterocycles. The first-order chi connectivity index (χ1) is 16.5. The Morgan fingerprint density at radius 2 is 1.97 bits per heavy atom. The van der Waals surface area contributed by atoms with E-state index in [1.807, 2.05) is 13.0 Å². The third-order valence-corrected chi connectivity index (χ3v) is 6.78. The highest BCUT2D eigenvalue weighted by atomic mass is 35.5. The van der Waals surface area contributed by atoms with E-state index in [1.165, 1.54) is 18.2 Å². The molecule has 0 radical (unpaired) electrons. The van der Waals surface area contributed by atoms with Crippen molar-refractivity contribution >= 4 is 23.4 Å². The quantitative estimate of drug-likeness (QED) is 0.511. The van der Waals surface area contributed by atoms with Gasteiger partial charge in [-0.15, -0.1) is 5.10 Å². The zero-order valence-electron chi connectivity index (χ0n) is 19.1. The Morgan fingerprint density at radius 3 is 2.68 bits per heavy atom. The van der Waals surface area contributed by atoms with E-state index in [1.54, 1.807) is 18.1 Å². The Balaban J connectivity index is 1.31. The van der Waals surface area contributed by atoms with Gasteiger partial charge in [0.05, 0.1) is 18.2 Å². The van der Waals surface area contributed by atoms with Gasteiger partial charge in [0.15, 0.2) is 0 Å². The molecule has 9 nitrogen and oxygen atoms in total. The third kappa shape index (κ3) is 4.78. The number of aryl methyl sites for hydroxylation is 1. The number of nitrogens with zero attached hydrogens (tertiary/aromatic N) is 6. The van der Waals surface area contributed by atoms with Crippen LogP contribution in [0.2, 0.25) is 5.02 Å². The summed E-state index contributed by atoms with van der Waals surface area (Å²) >= 11 is 5.90. The molecule has 3 aromatic rings. The van der Waals surface area contributed by atoms with Crippen molar-refractivity contribution in [2.24, 2.45) is 11.8 Å². The first-order valence-corrected chi connectivity index (χ1v) is 11.7. The number of fused-ring (bicyclic) bond motifs is 2. The zero-order chi connectivity index (χ0) is 23.7. The Hall–Kier alpha value is -2.98. The predicted octanol–water partition coefficient (Wildman–Crippen LogP) is 3.93. The van der Waals surface area contributed by atoms with Gasteiger partial charge in [-0.3, -0.25) is 0 Å². The molecule has 1 aliphatic carbocycles. The van der Waals surface area contributed by atoms with Crippen molar-refractivity contribution in [3.63, 3.8) is 0 Å². The molecule has 1 aromatic carbocycles. The van der Waals surface area contributed by atoms with Crippen LogP contribution in [0.4, 0.5) is 16.2 Å². The van der Waals surface area contributed by atoms with E-state index < -0.39 is 5.82 Å². The molecule has 11 heteroatoms. The van der Waals surface area contributed by atoms with Crippen LogP contribution in [0.5, 0.6) is 11.8 Å². The van der Waals surface area contributed by atoms with Gasteiger partial charge in [0.25, 0.3) is 0 Å². The molecular formula is C23H27ClFN7O2. The zero-order valence-corrected chi connectivity index (χ0v) is 19.9. The van der Waals surface area contributed by atoms with Gasteiger partial charge >= 0.3 is 6.01 Å². The number of benzene rings is 1. The van der Waals surface area contributed by atoms with E-state index in [9.17, 15) is 4.39 Å². The maximum absolute atomic E-state index is 13.5. The molecule has 180 valence electrons.